The molecule has 2 saturated carbocycles. The smallest absolute Gasteiger partial charge is 0.104 e. The van der Waals surface area contributed by atoms with E-state index >= 15 is 0 Å². The number of benzene rings is 1. The Bertz CT molecular complexity index is 814. The molecule has 0 unspecified atom stereocenters. The van der Waals surface area contributed by atoms with Gasteiger partial charge in [0.2, 0.25) is 0 Å². The minimum Gasteiger partial charge on any atom is -0.243 e. The minimum atomic E-state index is 0.717. The molecule has 0 amide bonds. The third-order valence-corrected chi connectivity index (χ3v) is 7.70. The van der Waals surface area contributed by atoms with Crippen LogP contribution in [0.5, 0.6) is 0 Å². The van der Waals surface area contributed by atoms with E-state index in [9.17, 15) is 0 Å². The molecular formula is C22H26N2S. The van der Waals surface area contributed by atoms with Crippen molar-refractivity contribution in [2.75, 3.05) is 0 Å². The van der Waals surface area contributed by atoms with Crippen LogP contribution in [0.4, 0.5) is 0 Å². The maximum Gasteiger partial charge on any atom is 0.104 e. The summed E-state index contributed by atoms with van der Waals surface area (Å²) in [4.78, 5) is 13.3. The number of para-hydroxylation sites is 2. The first kappa shape index (κ1) is 15.7. The molecule has 2 heterocycles. The van der Waals surface area contributed by atoms with Crippen molar-refractivity contribution in [3.05, 3.63) is 34.0 Å². The van der Waals surface area contributed by atoms with Gasteiger partial charge in [0.05, 0.1) is 11.0 Å². The lowest BCUT2D eigenvalue weighted by Crippen LogP contribution is -2.03. The second-order valence-corrected chi connectivity index (χ2v) is 8.99. The van der Waals surface area contributed by atoms with Gasteiger partial charge in [0.15, 0.2) is 0 Å². The number of hydrogen-bond donors (Lipinski definition) is 0. The van der Waals surface area contributed by atoms with Crippen molar-refractivity contribution >= 4 is 33.4 Å². The second-order valence-electron chi connectivity index (χ2n) is 7.91. The molecular weight excluding hydrogens is 324 g/mol. The number of rotatable bonds is 2. The van der Waals surface area contributed by atoms with Crippen LogP contribution in [0.3, 0.4) is 0 Å². The van der Waals surface area contributed by atoms with Crippen LogP contribution in [0.2, 0.25) is 0 Å². The number of hydrogen-bond acceptors (Lipinski definition) is 3. The fourth-order valence-electron chi connectivity index (χ4n) is 4.84. The van der Waals surface area contributed by atoms with Gasteiger partial charge in [-0.05, 0) is 49.7 Å². The van der Waals surface area contributed by atoms with Gasteiger partial charge in [0, 0.05) is 9.75 Å². The van der Waals surface area contributed by atoms with Crippen LogP contribution in [-0.2, 0) is 0 Å². The predicted octanol–water partition coefficient (Wildman–Crippen LogP) is 6.94. The summed E-state index contributed by atoms with van der Waals surface area (Å²) >= 11 is 2.07. The Morgan fingerprint density at radius 1 is 0.640 bits per heavy atom. The van der Waals surface area contributed by atoms with Crippen LogP contribution in [0, 0.1) is 0 Å². The van der Waals surface area contributed by atoms with E-state index in [-0.39, 0.29) is 0 Å². The standard InChI is InChI=1S/C22H26N2S/c1-3-9-15(10-4-1)21-19-20(22(25-21)16-11-5-2-6-12-16)24-18-14-8-7-13-17(18)23-19/h7-8,13-16H,1-6,9-12H2. The summed E-state index contributed by atoms with van der Waals surface area (Å²) in [7, 11) is 0. The highest BCUT2D eigenvalue weighted by molar-refractivity contribution is 7.13. The van der Waals surface area contributed by atoms with E-state index in [0.29, 0.717) is 11.8 Å². The Morgan fingerprint density at radius 2 is 1.08 bits per heavy atom. The number of thiophene rings is 1. The lowest BCUT2D eigenvalue weighted by atomic mass is 9.86. The van der Waals surface area contributed by atoms with Gasteiger partial charge in [-0.25, -0.2) is 9.97 Å². The second kappa shape index (κ2) is 6.68. The highest BCUT2D eigenvalue weighted by Gasteiger charge is 2.27. The van der Waals surface area contributed by atoms with Crippen LogP contribution in [-0.4, -0.2) is 9.97 Å². The van der Waals surface area contributed by atoms with Gasteiger partial charge in [0.25, 0.3) is 0 Å². The maximum atomic E-state index is 5.12. The zero-order valence-corrected chi connectivity index (χ0v) is 15.7. The summed E-state index contributed by atoms with van der Waals surface area (Å²) in [5.74, 6) is 1.43. The van der Waals surface area contributed by atoms with Crippen molar-refractivity contribution in [1.82, 2.24) is 9.97 Å². The number of aromatic nitrogens is 2. The average molecular weight is 351 g/mol. The molecule has 0 spiro atoms. The Hall–Kier alpha value is -1.48. The van der Waals surface area contributed by atoms with Crippen LogP contribution < -0.4 is 0 Å². The summed E-state index contributed by atoms with van der Waals surface area (Å²) in [6, 6.07) is 8.39. The molecule has 2 aromatic heterocycles. The molecule has 0 N–H and O–H groups in total. The van der Waals surface area contributed by atoms with Crippen molar-refractivity contribution in [2.45, 2.75) is 76.0 Å². The highest BCUT2D eigenvalue weighted by Crippen LogP contribution is 2.46. The molecule has 0 radical (unpaired) electrons. The molecule has 5 rings (SSSR count). The van der Waals surface area contributed by atoms with Gasteiger partial charge >= 0.3 is 0 Å². The maximum absolute atomic E-state index is 5.12. The molecule has 0 saturated heterocycles. The monoisotopic (exact) mass is 350 g/mol. The van der Waals surface area contributed by atoms with E-state index in [1.54, 1.807) is 9.75 Å². The molecule has 3 heteroatoms. The first-order chi connectivity index (χ1) is 12.4. The topological polar surface area (TPSA) is 25.8 Å². The van der Waals surface area contributed by atoms with Crippen LogP contribution in [0.1, 0.15) is 85.8 Å². The molecule has 3 aromatic rings. The molecule has 2 aliphatic carbocycles. The molecule has 0 aliphatic heterocycles. The fourth-order valence-corrected chi connectivity index (χ4v) is 6.36. The van der Waals surface area contributed by atoms with Crippen molar-refractivity contribution in [2.24, 2.45) is 0 Å². The Labute approximate surface area is 153 Å². The molecule has 2 nitrogen and oxygen atoms in total. The Kier molecular flexibility index (Phi) is 4.21. The van der Waals surface area contributed by atoms with E-state index in [4.69, 9.17) is 9.97 Å². The molecule has 2 aliphatic rings. The average Bonchev–Trinajstić information content (AvgIpc) is 3.06. The normalized spacial score (nSPS) is 20.5. The van der Waals surface area contributed by atoms with Gasteiger partial charge in [-0.1, -0.05) is 50.7 Å². The minimum absolute atomic E-state index is 0.717. The summed E-state index contributed by atoms with van der Waals surface area (Å²) in [6.07, 6.45) is 13.7. The van der Waals surface area contributed by atoms with Crippen molar-refractivity contribution < 1.29 is 0 Å². The molecule has 0 atom stereocenters. The third kappa shape index (κ3) is 2.87. The number of nitrogens with zero attached hydrogens (tertiary/aromatic N) is 2. The number of fused-ring (bicyclic) bond motifs is 2. The summed E-state index contributed by atoms with van der Waals surface area (Å²) in [6.45, 7) is 0. The molecule has 25 heavy (non-hydrogen) atoms. The van der Waals surface area contributed by atoms with Gasteiger partial charge < -0.3 is 0 Å². The van der Waals surface area contributed by atoms with Gasteiger partial charge in [-0.15, -0.1) is 11.3 Å². The third-order valence-electron chi connectivity index (χ3n) is 6.21. The van der Waals surface area contributed by atoms with E-state index < -0.39 is 0 Å². The predicted molar refractivity (Wildman–Crippen MR) is 107 cm³/mol. The van der Waals surface area contributed by atoms with Crippen molar-refractivity contribution in [3.8, 4) is 0 Å². The van der Waals surface area contributed by atoms with Crippen LogP contribution >= 0.6 is 11.3 Å². The first-order valence-corrected chi connectivity index (χ1v) is 10.9. The van der Waals surface area contributed by atoms with Crippen molar-refractivity contribution in [1.29, 1.82) is 0 Å². The van der Waals surface area contributed by atoms with Crippen LogP contribution in [0.25, 0.3) is 22.1 Å². The highest BCUT2D eigenvalue weighted by atomic mass is 32.1. The quantitative estimate of drug-likeness (QED) is 0.500. The molecule has 0 bridgehead atoms. The molecule has 130 valence electrons. The Morgan fingerprint density at radius 3 is 1.52 bits per heavy atom. The SMILES string of the molecule is c1ccc2nc3c(C4CCCCC4)sc(C4CCCCC4)c3nc2c1. The van der Waals surface area contributed by atoms with E-state index in [1.165, 1.54) is 75.2 Å². The lowest BCUT2D eigenvalue weighted by molar-refractivity contribution is 0.448. The van der Waals surface area contributed by atoms with Crippen molar-refractivity contribution in [3.63, 3.8) is 0 Å². The summed E-state index contributed by atoms with van der Waals surface area (Å²) < 4.78 is 0. The van der Waals surface area contributed by atoms with Gasteiger partial charge in [-0.2, -0.15) is 0 Å². The zero-order valence-electron chi connectivity index (χ0n) is 14.8. The lowest BCUT2D eigenvalue weighted by Gasteiger charge is -2.21. The molecule has 1 aromatic carbocycles. The Balaban J connectivity index is 1.70. The summed E-state index contributed by atoms with van der Waals surface area (Å²) in [5, 5.41) is 0. The fraction of sp³-hybridized carbons (Fsp3) is 0.545. The van der Waals surface area contributed by atoms with E-state index in [2.05, 4.69) is 35.6 Å². The molecule has 2 fully saturated rings. The van der Waals surface area contributed by atoms with Gasteiger partial charge in [-0.3, -0.25) is 0 Å². The van der Waals surface area contributed by atoms with E-state index in [1.807, 2.05) is 0 Å². The van der Waals surface area contributed by atoms with Gasteiger partial charge in [0.1, 0.15) is 11.0 Å². The first-order valence-electron chi connectivity index (χ1n) is 10.1. The van der Waals surface area contributed by atoms with E-state index in [0.717, 1.165) is 11.0 Å². The zero-order chi connectivity index (χ0) is 16.6. The summed E-state index contributed by atoms with van der Waals surface area (Å²) in [5.41, 5.74) is 4.58. The van der Waals surface area contributed by atoms with Crippen LogP contribution in [0.15, 0.2) is 24.3 Å². The largest absolute Gasteiger partial charge is 0.243 e.